The van der Waals surface area contributed by atoms with Crippen LogP contribution in [0.25, 0.3) is 0 Å². The standard InChI is InChI=1S/C25H33N3O10/c1-25(23(33)38-28-21(31)7-8-22(28)32)10-3-2-4-18(9-11-25)37-24(34)26-12-14-35-16-17-36-15-13-27-19(29)5-6-20(27)30/h2,4-6,18H,3,7-17H2,1H3,(H,26,34)/b4-2-/t18-,25+/m1/s1. The highest BCUT2D eigenvalue weighted by atomic mass is 16.7. The van der Waals surface area contributed by atoms with Crippen LogP contribution in [0.5, 0.6) is 0 Å². The Labute approximate surface area is 220 Å². The molecule has 0 radical (unpaired) electrons. The Hall–Kier alpha value is -3.58. The van der Waals surface area contributed by atoms with Crippen LogP contribution in [-0.2, 0) is 43.0 Å². The minimum absolute atomic E-state index is 0.0265. The monoisotopic (exact) mass is 535 g/mol. The largest absolute Gasteiger partial charge is 0.442 e. The van der Waals surface area contributed by atoms with Crippen LogP contribution in [0, 0.1) is 5.41 Å². The van der Waals surface area contributed by atoms with Gasteiger partial charge >= 0.3 is 12.1 Å². The Morgan fingerprint density at radius 3 is 2.32 bits per heavy atom. The molecular weight excluding hydrogens is 502 g/mol. The second kappa shape index (κ2) is 13.8. The Morgan fingerprint density at radius 1 is 0.974 bits per heavy atom. The molecule has 5 amide bonds. The number of alkyl carbamates (subject to hydrolysis) is 1. The lowest BCUT2D eigenvalue weighted by Gasteiger charge is -2.30. The highest BCUT2D eigenvalue weighted by Gasteiger charge is 2.41. The molecule has 0 bridgehead atoms. The van der Waals surface area contributed by atoms with Crippen molar-refractivity contribution in [1.82, 2.24) is 15.3 Å². The molecule has 208 valence electrons. The molecule has 13 nitrogen and oxygen atoms in total. The third kappa shape index (κ3) is 8.21. The molecule has 38 heavy (non-hydrogen) atoms. The van der Waals surface area contributed by atoms with Gasteiger partial charge in [-0.3, -0.25) is 24.1 Å². The number of hydrogen-bond donors (Lipinski definition) is 1. The van der Waals surface area contributed by atoms with E-state index in [0.717, 1.165) is 4.90 Å². The van der Waals surface area contributed by atoms with E-state index in [1.807, 2.05) is 6.08 Å². The van der Waals surface area contributed by atoms with E-state index in [4.69, 9.17) is 19.0 Å². The zero-order valence-electron chi connectivity index (χ0n) is 21.3. The quantitative estimate of drug-likeness (QED) is 0.215. The molecule has 2 heterocycles. The third-order valence-corrected chi connectivity index (χ3v) is 6.37. The maximum Gasteiger partial charge on any atom is 0.407 e. The summed E-state index contributed by atoms with van der Waals surface area (Å²) in [4.78, 5) is 77.5. The zero-order chi connectivity index (χ0) is 27.5. The summed E-state index contributed by atoms with van der Waals surface area (Å²) >= 11 is 0. The number of hydrogen-bond acceptors (Lipinski definition) is 10. The molecule has 2 atom stereocenters. The molecule has 3 aliphatic rings. The summed E-state index contributed by atoms with van der Waals surface area (Å²) in [6.45, 7) is 3.05. The summed E-state index contributed by atoms with van der Waals surface area (Å²) in [5.74, 6) is -2.43. The van der Waals surface area contributed by atoms with Gasteiger partial charge in [-0.2, -0.15) is 0 Å². The molecule has 0 spiro atoms. The minimum Gasteiger partial charge on any atom is -0.442 e. The van der Waals surface area contributed by atoms with Gasteiger partial charge in [-0.1, -0.05) is 6.08 Å². The summed E-state index contributed by atoms with van der Waals surface area (Å²) in [5.41, 5.74) is -0.946. The molecule has 2 aliphatic heterocycles. The summed E-state index contributed by atoms with van der Waals surface area (Å²) in [6.07, 6.45) is 6.58. The number of nitrogens with zero attached hydrogens (tertiary/aromatic N) is 2. The average Bonchev–Trinajstić information content (AvgIpc) is 3.37. The number of amides is 5. The van der Waals surface area contributed by atoms with Crippen LogP contribution in [-0.4, -0.2) is 91.3 Å². The molecule has 1 saturated heterocycles. The molecule has 1 aliphatic carbocycles. The van der Waals surface area contributed by atoms with E-state index < -0.39 is 35.4 Å². The number of carbonyl (C=O) groups excluding carboxylic acids is 6. The molecule has 0 aromatic carbocycles. The Bertz CT molecular complexity index is 960. The van der Waals surface area contributed by atoms with Crippen molar-refractivity contribution in [3.8, 4) is 0 Å². The summed E-state index contributed by atoms with van der Waals surface area (Å²) in [7, 11) is 0. The number of hydroxylamine groups is 2. The van der Waals surface area contributed by atoms with Gasteiger partial charge in [-0.15, -0.1) is 5.06 Å². The van der Waals surface area contributed by atoms with Gasteiger partial charge < -0.3 is 24.4 Å². The van der Waals surface area contributed by atoms with Crippen molar-refractivity contribution in [3.05, 3.63) is 24.3 Å². The smallest absolute Gasteiger partial charge is 0.407 e. The molecular formula is C25H33N3O10. The molecule has 1 fully saturated rings. The van der Waals surface area contributed by atoms with E-state index in [0.29, 0.717) is 30.7 Å². The molecule has 0 aromatic heterocycles. The topological polar surface area (TPSA) is 158 Å². The van der Waals surface area contributed by atoms with E-state index in [1.54, 1.807) is 13.0 Å². The summed E-state index contributed by atoms with van der Waals surface area (Å²) in [6, 6.07) is 0. The van der Waals surface area contributed by atoms with Crippen LogP contribution in [0.3, 0.4) is 0 Å². The van der Waals surface area contributed by atoms with E-state index >= 15 is 0 Å². The SMILES string of the molecule is C[C@]1(C(=O)ON2C(=O)CCC2=O)CC/C=C\[C@@H](OC(=O)NCCOCCOCCN2C(=O)C=CC2=O)CC1. The highest BCUT2D eigenvalue weighted by Crippen LogP contribution is 2.34. The second-order valence-electron chi connectivity index (χ2n) is 9.28. The molecule has 3 rings (SSSR count). The summed E-state index contributed by atoms with van der Waals surface area (Å²) in [5, 5.41) is 3.14. The number of nitrogens with one attached hydrogen (secondary N) is 1. The van der Waals surface area contributed by atoms with Crippen LogP contribution < -0.4 is 5.32 Å². The van der Waals surface area contributed by atoms with Crippen molar-refractivity contribution in [2.45, 2.75) is 51.6 Å². The molecule has 0 aromatic rings. The predicted molar refractivity (Wildman–Crippen MR) is 129 cm³/mol. The van der Waals surface area contributed by atoms with Gasteiger partial charge in [0.15, 0.2) is 0 Å². The van der Waals surface area contributed by atoms with Crippen LogP contribution in [0.4, 0.5) is 4.79 Å². The number of carbonyl (C=O) groups is 6. The fraction of sp³-hybridized carbons (Fsp3) is 0.600. The summed E-state index contributed by atoms with van der Waals surface area (Å²) < 4.78 is 16.2. The normalized spacial score (nSPS) is 24.4. The highest BCUT2D eigenvalue weighted by molar-refractivity contribution is 6.12. The van der Waals surface area contributed by atoms with Crippen molar-refractivity contribution in [3.63, 3.8) is 0 Å². The number of ether oxygens (including phenoxy) is 3. The van der Waals surface area contributed by atoms with Crippen molar-refractivity contribution in [2.75, 3.05) is 39.5 Å². The van der Waals surface area contributed by atoms with Gasteiger partial charge in [0.25, 0.3) is 23.6 Å². The van der Waals surface area contributed by atoms with Gasteiger partial charge in [-0.05, 0) is 38.7 Å². The Balaban J connectivity index is 1.27. The zero-order valence-corrected chi connectivity index (χ0v) is 21.3. The first-order valence-electron chi connectivity index (χ1n) is 12.6. The molecule has 0 saturated carbocycles. The van der Waals surface area contributed by atoms with Crippen LogP contribution in [0.1, 0.15) is 45.4 Å². The maximum atomic E-state index is 12.8. The van der Waals surface area contributed by atoms with E-state index in [-0.39, 0.29) is 64.2 Å². The first kappa shape index (κ1) is 29.0. The van der Waals surface area contributed by atoms with Gasteiger partial charge in [0.2, 0.25) is 0 Å². The van der Waals surface area contributed by atoms with Crippen molar-refractivity contribution in [1.29, 1.82) is 0 Å². The predicted octanol–water partition coefficient (Wildman–Crippen LogP) is 0.783. The van der Waals surface area contributed by atoms with Gasteiger partial charge in [0.1, 0.15) is 6.10 Å². The van der Waals surface area contributed by atoms with Gasteiger partial charge in [0, 0.05) is 31.5 Å². The second-order valence-corrected chi connectivity index (χ2v) is 9.28. The van der Waals surface area contributed by atoms with Crippen molar-refractivity contribution >= 4 is 35.7 Å². The van der Waals surface area contributed by atoms with E-state index in [2.05, 4.69) is 5.32 Å². The minimum atomic E-state index is -0.946. The number of imide groups is 2. The van der Waals surface area contributed by atoms with Crippen molar-refractivity contribution < 1.29 is 47.8 Å². The van der Waals surface area contributed by atoms with Gasteiger partial charge in [0.05, 0.1) is 38.4 Å². The lowest BCUT2D eigenvalue weighted by atomic mass is 9.79. The fourth-order valence-corrected chi connectivity index (χ4v) is 4.02. The Morgan fingerprint density at radius 2 is 1.63 bits per heavy atom. The van der Waals surface area contributed by atoms with Crippen LogP contribution >= 0.6 is 0 Å². The van der Waals surface area contributed by atoms with Crippen molar-refractivity contribution in [2.24, 2.45) is 5.41 Å². The molecule has 1 N–H and O–H groups in total. The first-order chi connectivity index (χ1) is 18.2. The lowest BCUT2D eigenvalue weighted by Crippen LogP contribution is -2.40. The molecule has 13 heteroatoms. The fourth-order valence-electron chi connectivity index (χ4n) is 4.02. The lowest BCUT2D eigenvalue weighted by molar-refractivity contribution is -0.205. The van der Waals surface area contributed by atoms with Crippen LogP contribution in [0.2, 0.25) is 0 Å². The van der Waals surface area contributed by atoms with Gasteiger partial charge in [-0.25, -0.2) is 9.59 Å². The Kier molecular flexibility index (Phi) is 10.5. The first-order valence-corrected chi connectivity index (χ1v) is 12.6. The number of rotatable bonds is 12. The van der Waals surface area contributed by atoms with E-state index in [9.17, 15) is 28.8 Å². The maximum absolute atomic E-state index is 12.8. The number of allylic oxidation sites excluding steroid dienone is 1. The third-order valence-electron chi connectivity index (χ3n) is 6.37. The average molecular weight is 536 g/mol. The molecule has 0 unspecified atom stereocenters. The van der Waals surface area contributed by atoms with E-state index in [1.165, 1.54) is 12.2 Å². The van der Waals surface area contributed by atoms with Crippen LogP contribution in [0.15, 0.2) is 24.3 Å².